The molecule has 0 bridgehead atoms. The van der Waals surface area contributed by atoms with Gasteiger partial charge in [-0.25, -0.2) is 5.01 Å². The number of nitro benzene ring substituents is 2. The second-order valence-electron chi connectivity index (χ2n) is 9.35. The zero-order chi connectivity index (χ0) is 32.6. The van der Waals surface area contributed by atoms with Crippen molar-refractivity contribution >= 4 is 34.7 Å². The van der Waals surface area contributed by atoms with Crippen LogP contribution in [0.2, 0.25) is 0 Å². The Bertz CT molecular complexity index is 1930. The van der Waals surface area contributed by atoms with E-state index in [0.29, 0.717) is 11.1 Å². The van der Waals surface area contributed by atoms with Gasteiger partial charge in [0.2, 0.25) is 35.5 Å². The van der Waals surface area contributed by atoms with Crippen molar-refractivity contribution in [3.63, 3.8) is 0 Å². The maximum atomic E-state index is 13.4. The van der Waals surface area contributed by atoms with Crippen LogP contribution in [0.5, 0.6) is 0 Å². The number of Topliss-reactive ketones (excluding diaryl/α,β-unsaturated/α-hetero) is 2. The van der Waals surface area contributed by atoms with Crippen molar-refractivity contribution in [1.82, 2.24) is 10.0 Å². The van der Waals surface area contributed by atoms with Gasteiger partial charge in [0.25, 0.3) is 11.4 Å². The number of carbonyl (C=O) groups is 2. The molecule has 2 aromatic carbocycles. The number of nitriles is 2. The molecule has 1 unspecified atom stereocenters. The lowest BCUT2D eigenvalue weighted by atomic mass is 10.0. The van der Waals surface area contributed by atoms with Crippen LogP contribution in [0.15, 0.2) is 92.7 Å². The van der Waals surface area contributed by atoms with Gasteiger partial charge in [-0.3, -0.25) is 34.8 Å². The minimum atomic E-state index is -1.31. The molecule has 224 valence electrons. The Morgan fingerprint density at radius 2 is 1.44 bits per heavy atom. The summed E-state index contributed by atoms with van der Waals surface area (Å²) in [6.45, 7) is 0. The Morgan fingerprint density at radius 1 is 0.889 bits per heavy atom. The molecule has 17 nitrogen and oxygen atoms in total. The van der Waals surface area contributed by atoms with Gasteiger partial charge in [0.05, 0.1) is 28.1 Å². The van der Waals surface area contributed by atoms with Crippen LogP contribution >= 0.6 is 0 Å². The SMILES string of the molecule is COC1=C(C(C#N)=C2OC(c3ccc([N+](=O)[O-])cc3)=NN2C)C(=O)C(=O)C1=C(C#N)C1OC(c2ccc([N+](=O)[O-])cc2)=NN1C. The van der Waals surface area contributed by atoms with Gasteiger partial charge in [0.15, 0.2) is 0 Å². The van der Waals surface area contributed by atoms with Crippen molar-refractivity contribution in [1.29, 1.82) is 10.5 Å². The molecule has 1 atom stereocenters. The van der Waals surface area contributed by atoms with Crippen LogP contribution in [-0.2, 0) is 23.8 Å². The van der Waals surface area contributed by atoms with Gasteiger partial charge < -0.3 is 14.2 Å². The summed E-state index contributed by atoms with van der Waals surface area (Å²) in [7, 11) is 4.00. The number of ether oxygens (including phenoxy) is 3. The summed E-state index contributed by atoms with van der Waals surface area (Å²) in [6, 6.07) is 14.2. The van der Waals surface area contributed by atoms with Gasteiger partial charge in [0, 0.05) is 49.5 Å². The van der Waals surface area contributed by atoms with Crippen LogP contribution in [-0.4, -0.2) is 70.7 Å². The normalized spacial score (nSPS) is 19.7. The quantitative estimate of drug-likeness (QED) is 0.144. The zero-order valence-electron chi connectivity index (χ0n) is 23.4. The third-order valence-corrected chi connectivity index (χ3v) is 6.72. The molecule has 3 aliphatic rings. The third-order valence-electron chi connectivity index (χ3n) is 6.72. The monoisotopic (exact) mass is 610 g/mol. The molecule has 17 heteroatoms. The number of ketones is 2. The molecule has 0 N–H and O–H groups in total. The molecule has 45 heavy (non-hydrogen) atoms. The van der Waals surface area contributed by atoms with Gasteiger partial charge in [-0.15, -0.1) is 10.2 Å². The van der Waals surface area contributed by atoms with Gasteiger partial charge in [0.1, 0.15) is 29.0 Å². The Morgan fingerprint density at radius 3 is 1.93 bits per heavy atom. The van der Waals surface area contributed by atoms with E-state index in [2.05, 4.69) is 10.2 Å². The number of methoxy groups -OCH3 is 1. The van der Waals surface area contributed by atoms with Crippen LogP contribution in [0.4, 0.5) is 11.4 Å². The first-order chi connectivity index (χ1) is 21.5. The number of rotatable bonds is 7. The Labute approximate surface area is 252 Å². The van der Waals surface area contributed by atoms with Crippen molar-refractivity contribution in [2.75, 3.05) is 21.2 Å². The fourth-order valence-electron chi connectivity index (χ4n) is 4.59. The molecule has 2 aromatic rings. The molecule has 1 aliphatic carbocycles. The maximum Gasteiger partial charge on any atom is 0.269 e. The molecule has 0 amide bonds. The van der Waals surface area contributed by atoms with E-state index in [1.807, 2.05) is 12.1 Å². The van der Waals surface area contributed by atoms with Gasteiger partial charge in [-0.1, -0.05) is 0 Å². The second kappa shape index (κ2) is 11.4. The van der Waals surface area contributed by atoms with Gasteiger partial charge in [-0.2, -0.15) is 10.5 Å². The standard InChI is InChI=1S/C28H18N8O9/c1-33-27(44-25(31-33)14-4-8-16(9-5-14)35(39)40)18(12-29)20-22(37)23(38)21(24(20)43-3)19(13-30)28-34(2)32-26(45-28)15-6-10-17(11-7-15)36(41)42/h4-11,27H,1-3H3. The van der Waals surface area contributed by atoms with E-state index in [4.69, 9.17) is 14.2 Å². The molecule has 0 fully saturated rings. The number of nitro groups is 2. The number of non-ortho nitro benzene ring substituents is 2. The summed E-state index contributed by atoms with van der Waals surface area (Å²) in [4.78, 5) is 47.6. The smallest absolute Gasteiger partial charge is 0.269 e. The Kier molecular flexibility index (Phi) is 7.51. The molecular weight excluding hydrogens is 592 g/mol. The summed E-state index contributed by atoms with van der Waals surface area (Å²) in [5.74, 6) is -2.98. The average molecular weight is 610 g/mol. The number of hydrogen-bond donors (Lipinski definition) is 0. The van der Waals surface area contributed by atoms with E-state index >= 15 is 0 Å². The summed E-state index contributed by atoms with van der Waals surface area (Å²) >= 11 is 0. The van der Waals surface area contributed by atoms with Crippen LogP contribution in [0.1, 0.15) is 11.1 Å². The first-order valence-corrected chi connectivity index (χ1v) is 12.6. The van der Waals surface area contributed by atoms with Crippen molar-refractivity contribution in [2.45, 2.75) is 6.23 Å². The lowest BCUT2D eigenvalue weighted by molar-refractivity contribution is -0.385. The lowest BCUT2D eigenvalue weighted by Gasteiger charge is -2.19. The first-order valence-electron chi connectivity index (χ1n) is 12.6. The molecular formula is C28H18N8O9. The molecule has 0 spiro atoms. The average Bonchev–Trinajstić information content (AvgIpc) is 3.68. The predicted octanol–water partition coefficient (Wildman–Crippen LogP) is 2.38. The highest BCUT2D eigenvalue weighted by Crippen LogP contribution is 2.38. The molecule has 0 saturated carbocycles. The topological polar surface area (TPSA) is 227 Å². The number of carbonyl (C=O) groups excluding carboxylic acids is 2. The zero-order valence-corrected chi connectivity index (χ0v) is 23.4. The van der Waals surface area contributed by atoms with Crippen LogP contribution < -0.4 is 0 Å². The Hall–Kier alpha value is -6.88. The molecule has 5 rings (SSSR count). The van der Waals surface area contributed by atoms with Crippen molar-refractivity contribution in [3.05, 3.63) is 114 Å². The number of nitrogens with zero attached hydrogens (tertiary/aromatic N) is 8. The summed E-state index contributed by atoms with van der Waals surface area (Å²) in [6.07, 6.45) is -1.31. The van der Waals surface area contributed by atoms with Crippen molar-refractivity contribution in [2.24, 2.45) is 10.2 Å². The number of hydrazone groups is 2. The van der Waals surface area contributed by atoms with E-state index < -0.39 is 44.4 Å². The van der Waals surface area contributed by atoms with E-state index in [0.717, 1.165) is 12.1 Å². The molecule has 0 radical (unpaired) electrons. The van der Waals surface area contributed by atoms with Crippen LogP contribution in [0, 0.1) is 42.9 Å². The van der Waals surface area contributed by atoms with Crippen LogP contribution in [0.25, 0.3) is 0 Å². The van der Waals surface area contributed by atoms with E-state index in [9.17, 15) is 40.3 Å². The van der Waals surface area contributed by atoms with E-state index in [1.165, 1.54) is 67.6 Å². The first kappa shape index (κ1) is 29.6. The molecule has 2 aliphatic heterocycles. The fraction of sp³-hybridized carbons (Fsp3) is 0.143. The largest absolute Gasteiger partial charge is 0.495 e. The highest BCUT2D eigenvalue weighted by atomic mass is 16.6. The fourth-order valence-corrected chi connectivity index (χ4v) is 4.59. The second-order valence-corrected chi connectivity index (χ2v) is 9.35. The predicted molar refractivity (Wildman–Crippen MR) is 150 cm³/mol. The van der Waals surface area contributed by atoms with E-state index in [-0.39, 0.29) is 40.4 Å². The minimum absolute atomic E-state index is 0.0116. The molecule has 0 saturated heterocycles. The lowest BCUT2D eigenvalue weighted by Crippen LogP contribution is -2.29. The summed E-state index contributed by atoms with van der Waals surface area (Å²) < 4.78 is 17.0. The minimum Gasteiger partial charge on any atom is -0.495 e. The van der Waals surface area contributed by atoms with Gasteiger partial charge >= 0.3 is 0 Å². The summed E-state index contributed by atoms with van der Waals surface area (Å²) in [5, 5.41) is 53.0. The number of likely N-dealkylation sites (N-methyl/N-ethyl adjacent to an activating group) is 1. The van der Waals surface area contributed by atoms with Crippen molar-refractivity contribution in [3.8, 4) is 12.1 Å². The summed E-state index contributed by atoms with van der Waals surface area (Å²) in [5.41, 5.74) is -1.38. The third kappa shape index (κ3) is 5.06. The molecule has 0 aromatic heterocycles. The van der Waals surface area contributed by atoms with E-state index in [1.54, 1.807) is 0 Å². The number of benzene rings is 2. The maximum absolute atomic E-state index is 13.4. The van der Waals surface area contributed by atoms with Gasteiger partial charge in [-0.05, 0) is 24.3 Å². The number of hydrogen-bond acceptors (Lipinski definition) is 15. The highest BCUT2D eigenvalue weighted by molar-refractivity contribution is 6.54. The van der Waals surface area contributed by atoms with Crippen molar-refractivity contribution < 1.29 is 33.6 Å². The Balaban J connectivity index is 1.53. The van der Waals surface area contributed by atoms with Crippen LogP contribution in [0.3, 0.4) is 0 Å². The molecule has 2 heterocycles. The number of allylic oxidation sites excluding steroid dienone is 3. The highest BCUT2D eigenvalue weighted by Gasteiger charge is 2.46.